The Morgan fingerprint density at radius 1 is 1.50 bits per heavy atom. The van der Waals surface area contributed by atoms with Crippen molar-refractivity contribution in [2.75, 3.05) is 19.0 Å². The van der Waals surface area contributed by atoms with E-state index in [9.17, 15) is 4.79 Å². The van der Waals surface area contributed by atoms with Gasteiger partial charge in [0.2, 0.25) is 0 Å². The fourth-order valence-corrected chi connectivity index (χ4v) is 1.95. The third-order valence-corrected chi connectivity index (χ3v) is 2.88. The van der Waals surface area contributed by atoms with E-state index in [1.807, 2.05) is 19.1 Å². The molecule has 0 spiro atoms. The molecule has 0 fully saturated rings. The molecule has 0 heterocycles. The summed E-state index contributed by atoms with van der Waals surface area (Å²) < 4.78 is 5.61. The van der Waals surface area contributed by atoms with Crippen molar-refractivity contribution in [2.45, 2.75) is 19.8 Å². The van der Waals surface area contributed by atoms with Gasteiger partial charge in [-0.15, -0.1) is 0 Å². The normalized spacial score (nSPS) is 9.94. The van der Waals surface area contributed by atoms with Gasteiger partial charge < -0.3 is 10.1 Å². The first-order valence-corrected chi connectivity index (χ1v) is 5.99. The molecule has 0 aliphatic carbocycles. The number of halogens is 1. The second kappa shape index (κ2) is 6.53. The number of nitrogens with one attached hydrogen (secondary N) is 1. The third kappa shape index (κ3) is 4.23. The van der Waals surface area contributed by atoms with Gasteiger partial charge in [-0.05, 0) is 47.0 Å². The van der Waals surface area contributed by atoms with Crippen molar-refractivity contribution in [3.05, 3.63) is 28.2 Å². The number of carbonyl (C=O) groups excluding carboxylic acids is 1. The summed E-state index contributed by atoms with van der Waals surface area (Å²) in [4.78, 5) is 10.9. The van der Waals surface area contributed by atoms with E-state index in [0.717, 1.165) is 23.1 Å². The van der Waals surface area contributed by atoms with Crippen molar-refractivity contribution < 1.29 is 9.53 Å². The van der Waals surface area contributed by atoms with Crippen LogP contribution in [0.15, 0.2) is 22.7 Å². The van der Waals surface area contributed by atoms with Crippen LogP contribution >= 0.6 is 15.9 Å². The molecule has 0 atom stereocenters. The highest BCUT2D eigenvalue weighted by molar-refractivity contribution is 9.10. The Kier molecular flexibility index (Phi) is 5.32. The summed E-state index contributed by atoms with van der Waals surface area (Å²) in [6, 6.07) is 6.13. The smallest absolute Gasteiger partial charge is 0.305 e. The molecule has 0 aromatic heterocycles. The number of esters is 1. The second-order valence-electron chi connectivity index (χ2n) is 3.59. The topological polar surface area (TPSA) is 38.3 Å². The lowest BCUT2D eigenvalue weighted by Crippen LogP contribution is -2.06. The molecule has 16 heavy (non-hydrogen) atoms. The molecule has 0 saturated heterocycles. The van der Waals surface area contributed by atoms with Crippen molar-refractivity contribution in [1.29, 1.82) is 0 Å². The minimum Gasteiger partial charge on any atom is -0.469 e. The highest BCUT2D eigenvalue weighted by atomic mass is 79.9. The molecule has 3 nitrogen and oxygen atoms in total. The minimum atomic E-state index is -0.162. The monoisotopic (exact) mass is 285 g/mol. The lowest BCUT2D eigenvalue weighted by molar-refractivity contribution is -0.140. The number of hydrogen-bond donors (Lipinski definition) is 1. The third-order valence-electron chi connectivity index (χ3n) is 2.23. The lowest BCUT2D eigenvalue weighted by Gasteiger charge is -2.08. The first-order chi connectivity index (χ1) is 7.63. The molecule has 1 aromatic rings. The number of anilines is 1. The summed E-state index contributed by atoms with van der Waals surface area (Å²) in [5, 5.41) is 3.26. The maximum Gasteiger partial charge on any atom is 0.305 e. The van der Waals surface area contributed by atoms with Gasteiger partial charge in [-0.1, -0.05) is 6.07 Å². The van der Waals surface area contributed by atoms with Crippen LogP contribution in [-0.2, 0) is 9.53 Å². The van der Waals surface area contributed by atoms with Gasteiger partial charge in [-0.2, -0.15) is 0 Å². The molecule has 4 heteroatoms. The summed E-state index contributed by atoms with van der Waals surface area (Å²) in [6.07, 6.45) is 1.22. The Bertz CT molecular complexity index is 366. The van der Waals surface area contributed by atoms with Crippen LogP contribution in [0.3, 0.4) is 0 Å². The summed E-state index contributed by atoms with van der Waals surface area (Å²) in [5.41, 5.74) is 2.27. The molecular weight excluding hydrogens is 270 g/mol. The van der Waals surface area contributed by atoms with Crippen LogP contribution in [0.1, 0.15) is 18.4 Å². The van der Waals surface area contributed by atoms with E-state index in [-0.39, 0.29) is 5.97 Å². The van der Waals surface area contributed by atoms with Gasteiger partial charge in [-0.25, -0.2) is 0 Å². The number of benzene rings is 1. The molecule has 0 aliphatic rings. The van der Waals surface area contributed by atoms with E-state index < -0.39 is 0 Å². The fourth-order valence-electron chi connectivity index (χ4n) is 1.32. The first kappa shape index (κ1) is 13.0. The molecule has 0 bridgehead atoms. The quantitative estimate of drug-likeness (QED) is 0.667. The highest BCUT2D eigenvalue weighted by Gasteiger charge is 2.01. The van der Waals surface area contributed by atoms with Gasteiger partial charge >= 0.3 is 5.97 Å². The zero-order chi connectivity index (χ0) is 12.0. The average molecular weight is 286 g/mol. The Morgan fingerprint density at radius 2 is 2.25 bits per heavy atom. The number of rotatable bonds is 5. The molecule has 88 valence electrons. The standard InChI is InChI=1S/C12H16BrNO2/c1-9-5-6-11(10(13)8-9)14-7-3-4-12(15)16-2/h5-6,8,14H,3-4,7H2,1-2H3. The predicted molar refractivity (Wildman–Crippen MR) is 68.6 cm³/mol. The zero-order valence-corrected chi connectivity index (χ0v) is 11.1. The van der Waals surface area contributed by atoms with Crippen LogP contribution in [-0.4, -0.2) is 19.6 Å². The van der Waals surface area contributed by atoms with Crippen molar-refractivity contribution in [3.63, 3.8) is 0 Å². The van der Waals surface area contributed by atoms with Crippen LogP contribution in [0.4, 0.5) is 5.69 Å². The van der Waals surface area contributed by atoms with Gasteiger partial charge in [0.15, 0.2) is 0 Å². The van der Waals surface area contributed by atoms with Gasteiger partial charge in [-0.3, -0.25) is 4.79 Å². The van der Waals surface area contributed by atoms with Gasteiger partial charge in [0.25, 0.3) is 0 Å². The molecule has 0 saturated carbocycles. The summed E-state index contributed by atoms with van der Waals surface area (Å²) in [7, 11) is 1.41. The molecule has 1 N–H and O–H groups in total. The van der Waals surface area contributed by atoms with Crippen LogP contribution < -0.4 is 5.32 Å². The number of hydrogen-bond acceptors (Lipinski definition) is 3. The minimum absolute atomic E-state index is 0.162. The molecule has 0 aliphatic heterocycles. The largest absolute Gasteiger partial charge is 0.469 e. The van der Waals surface area contributed by atoms with Gasteiger partial charge in [0, 0.05) is 23.1 Å². The Balaban J connectivity index is 2.35. The summed E-state index contributed by atoms with van der Waals surface area (Å²) >= 11 is 3.49. The maximum atomic E-state index is 10.9. The van der Waals surface area contributed by atoms with Crippen molar-refractivity contribution in [1.82, 2.24) is 0 Å². The lowest BCUT2D eigenvalue weighted by atomic mass is 10.2. The molecule has 1 rings (SSSR count). The first-order valence-electron chi connectivity index (χ1n) is 5.20. The number of carbonyl (C=O) groups is 1. The van der Waals surface area contributed by atoms with Crippen LogP contribution in [0, 0.1) is 6.92 Å². The van der Waals surface area contributed by atoms with E-state index in [4.69, 9.17) is 0 Å². The van der Waals surface area contributed by atoms with Crippen LogP contribution in [0.2, 0.25) is 0 Å². The van der Waals surface area contributed by atoms with Crippen molar-refractivity contribution >= 4 is 27.6 Å². The molecular formula is C12H16BrNO2. The number of aryl methyl sites for hydroxylation is 1. The van der Waals surface area contributed by atoms with Crippen molar-refractivity contribution in [3.8, 4) is 0 Å². The Morgan fingerprint density at radius 3 is 2.88 bits per heavy atom. The zero-order valence-electron chi connectivity index (χ0n) is 9.55. The van der Waals surface area contributed by atoms with Gasteiger partial charge in [0.1, 0.15) is 0 Å². The van der Waals surface area contributed by atoms with E-state index in [1.165, 1.54) is 12.7 Å². The van der Waals surface area contributed by atoms with E-state index >= 15 is 0 Å². The SMILES string of the molecule is COC(=O)CCCNc1ccc(C)cc1Br. The molecule has 0 unspecified atom stereocenters. The Labute approximate surface area is 104 Å². The number of methoxy groups -OCH3 is 1. The fraction of sp³-hybridized carbons (Fsp3) is 0.417. The van der Waals surface area contributed by atoms with Gasteiger partial charge in [0.05, 0.1) is 7.11 Å². The number of ether oxygens (including phenoxy) is 1. The molecule has 0 amide bonds. The van der Waals surface area contributed by atoms with E-state index in [2.05, 4.69) is 32.0 Å². The van der Waals surface area contributed by atoms with Crippen LogP contribution in [0.5, 0.6) is 0 Å². The molecule has 0 radical (unpaired) electrons. The van der Waals surface area contributed by atoms with E-state index in [0.29, 0.717) is 6.42 Å². The van der Waals surface area contributed by atoms with Crippen molar-refractivity contribution in [2.24, 2.45) is 0 Å². The summed E-state index contributed by atoms with van der Waals surface area (Å²) in [5.74, 6) is -0.162. The average Bonchev–Trinajstić information content (AvgIpc) is 2.26. The second-order valence-corrected chi connectivity index (χ2v) is 4.44. The maximum absolute atomic E-state index is 10.9. The highest BCUT2D eigenvalue weighted by Crippen LogP contribution is 2.23. The van der Waals surface area contributed by atoms with Crippen LogP contribution in [0.25, 0.3) is 0 Å². The molecule has 1 aromatic carbocycles. The predicted octanol–water partition coefficient (Wildman–Crippen LogP) is 3.12. The Hall–Kier alpha value is -1.03. The van der Waals surface area contributed by atoms with E-state index in [1.54, 1.807) is 0 Å². The summed E-state index contributed by atoms with van der Waals surface area (Å²) in [6.45, 7) is 2.81.